The first-order chi connectivity index (χ1) is 12.3. The number of nitrogens with zero attached hydrogens (tertiary/aromatic N) is 1. The van der Waals surface area contributed by atoms with Crippen LogP contribution in [0.4, 0.5) is 5.69 Å². The van der Waals surface area contributed by atoms with Crippen LogP contribution in [0.5, 0.6) is 5.75 Å². The highest BCUT2D eigenvalue weighted by atomic mass is 32.2. The third kappa shape index (κ3) is 3.45. The SMILES string of the molecule is COc1ccc(S(=O)(=O)NCC(=O)N2c3ccccc3CC2C)cc1C. The first-order valence-electron chi connectivity index (χ1n) is 8.38. The van der Waals surface area contributed by atoms with Crippen molar-refractivity contribution in [2.24, 2.45) is 0 Å². The lowest BCUT2D eigenvalue weighted by atomic mass is 10.1. The quantitative estimate of drug-likeness (QED) is 0.871. The Morgan fingerprint density at radius 3 is 2.69 bits per heavy atom. The van der Waals surface area contributed by atoms with Crippen LogP contribution in [-0.4, -0.2) is 34.0 Å². The molecule has 1 aliphatic rings. The van der Waals surface area contributed by atoms with Gasteiger partial charge in [0, 0.05) is 11.7 Å². The molecule has 1 unspecified atom stereocenters. The molecule has 3 rings (SSSR count). The molecule has 0 radical (unpaired) electrons. The van der Waals surface area contributed by atoms with Crippen LogP contribution in [0, 0.1) is 6.92 Å². The molecule has 2 aromatic rings. The van der Waals surface area contributed by atoms with E-state index in [0.29, 0.717) is 11.3 Å². The van der Waals surface area contributed by atoms with Crippen LogP contribution in [0.15, 0.2) is 47.4 Å². The Morgan fingerprint density at radius 1 is 1.27 bits per heavy atom. The first-order valence-corrected chi connectivity index (χ1v) is 9.86. The van der Waals surface area contributed by atoms with Crippen LogP contribution in [0.1, 0.15) is 18.1 Å². The molecule has 0 spiro atoms. The van der Waals surface area contributed by atoms with E-state index in [1.54, 1.807) is 17.9 Å². The molecule has 0 fully saturated rings. The highest BCUT2D eigenvalue weighted by Crippen LogP contribution is 2.31. The number of aryl methyl sites for hydroxylation is 1. The van der Waals surface area contributed by atoms with E-state index in [4.69, 9.17) is 4.74 Å². The maximum atomic E-state index is 12.6. The molecule has 0 saturated heterocycles. The summed E-state index contributed by atoms with van der Waals surface area (Å²) in [6, 6.07) is 12.3. The second-order valence-electron chi connectivity index (χ2n) is 6.40. The van der Waals surface area contributed by atoms with Crippen LogP contribution in [0.2, 0.25) is 0 Å². The van der Waals surface area contributed by atoms with Gasteiger partial charge in [-0.3, -0.25) is 4.79 Å². The Labute approximate surface area is 153 Å². The average molecular weight is 374 g/mol. The zero-order chi connectivity index (χ0) is 18.9. The van der Waals surface area contributed by atoms with Gasteiger partial charge in [-0.25, -0.2) is 13.1 Å². The number of methoxy groups -OCH3 is 1. The van der Waals surface area contributed by atoms with Crippen LogP contribution < -0.4 is 14.4 Å². The van der Waals surface area contributed by atoms with Gasteiger partial charge >= 0.3 is 0 Å². The molecule has 1 heterocycles. The Bertz CT molecular complexity index is 940. The summed E-state index contributed by atoms with van der Waals surface area (Å²) in [5.74, 6) is 0.346. The number of hydrogen-bond acceptors (Lipinski definition) is 4. The van der Waals surface area contributed by atoms with Gasteiger partial charge in [0.25, 0.3) is 0 Å². The van der Waals surface area contributed by atoms with Gasteiger partial charge < -0.3 is 9.64 Å². The van der Waals surface area contributed by atoms with Crippen LogP contribution in [0.25, 0.3) is 0 Å². The van der Waals surface area contributed by atoms with E-state index in [2.05, 4.69) is 4.72 Å². The molecule has 0 aromatic heterocycles. The monoisotopic (exact) mass is 374 g/mol. The van der Waals surface area contributed by atoms with E-state index in [1.807, 2.05) is 31.2 Å². The fourth-order valence-electron chi connectivity index (χ4n) is 3.29. The molecule has 0 aliphatic carbocycles. The summed E-state index contributed by atoms with van der Waals surface area (Å²) in [6.45, 7) is 3.44. The number of rotatable bonds is 5. The van der Waals surface area contributed by atoms with Gasteiger partial charge in [-0.05, 0) is 55.7 Å². The summed E-state index contributed by atoms with van der Waals surface area (Å²) in [5.41, 5.74) is 2.66. The average Bonchev–Trinajstić information content (AvgIpc) is 2.95. The Kier molecular flexibility index (Phi) is 5.02. The summed E-state index contributed by atoms with van der Waals surface area (Å²) in [4.78, 5) is 14.4. The smallest absolute Gasteiger partial charge is 0.242 e. The van der Waals surface area contributed by atoms with E-state index in [-0.39, 0.29) is 23.4 Å². The number of benzene rings is 2. The highest BCUT2D eigenvalue weighted by Gasteiger charge is 2.31. The normalized spacial score (nSPS) is 16.4. The molecule has 7 heteroatoms. The number of fused-ring (bicyclic) bond motifs is 1. The zero-order valence-corrected chi connectivity index (χ0v) is 15.8. The molecule has 26 heavy (non-hydrogen) atoms. The molecule has 138 valence electrons. The van der Waals surface area contributed by atoms with Gasteiger partial charge in [-0.2, -0.15) is 0 Å². The molecule has 1 N–H and O–H groups in total. The van der Waals surface area contributed by atoms with Crippen molar-refractivity contribution in [1.82, 2.24) is 4.72 Å². The lowest BCUT2D eigenvalue weighted by molar-refractivity contribution is -0.117. The number of ether oxygens (including phenoxy) is 1. The summed E-state index contributed by atoms with van der Waals surface area (Å²) in [6.07, 6.45) is 0.770. The highest BCUT2D eigenvalue weighted by molar-refractivity contribution is 7.89. The minimum Gasteiger partial charge on any atom is -0.496 e. The Hall–Kier alpha value is -2.38. The van der Waals surface area contributed by atoms with Gasteiger partial charge in [-0.1, -0.05) is 18.2 Å². The maximum Gasteiger partial charge on any atom is 0.242 e. The number of hydrogen-bond donors (Lipinski definition) is 1. The third-order valence-electron chi connectivity index (χ3n) is 4.57. The molecule has 1 amide bonds. The molecular formula is C19H22N2O4S. The molecule has 0 saturated carbocycles. The van der Waals surface area contributed by atoms with Crippen molar-refractivity contribution in [3.8, 4) is 5.75 Å². The largest absolute Gasteiger partial charge is 0.496 e. The summed E-state index contributed by atoms with van der Waals surface area (Å²) >= 11 is 0. The summed E-state index contributed by atoms with van der Waals surface area (Å²) < 4.78 is 32.6. The number of nitrogens with one attached hydrogen (secondary N) is 1. The maximum absolute atomic E-state index is 12.6. The number of carbonyl (C=O) groups is 1. The summed E-state index contributed by atoms with van der Waals surface area (Å²) in [7, 11) is -2.25. The minimum atomic E-state index is -3.78. The van der Waals surface area contributed by atoms with Gasteiger partial charge in [-0.15, -0.1) is 0 Å². The number of amides is 1. The first kappa shape index (κ1) is 18.4. The lowest BCUT2D eigenvalue weighted by Crippen LogP contribution is -2.43. The fourth-order valence-corrected chi connectivity index (χ4v) is 4.35. The van der Waals surface area contributed by atoms with Gasteiger partial charge in [0.2, 0.25) is 15.9 Å². The van der Waals surface area contributed by atoms with Crippen molar-refractivity contribution >= 4 is 21.6 Å². The molecule has 1 aliphatic heterocycles. The van der Waals surface area contributed by atoms with Crippen LogP contribution >= 0.6 is 0 Å². The third-order valence-corrected chi connectivity index (χ3v) is 5.96. The molecular weight excluding hydrogens is 352 g/mol. The van der Waals surface area contributed by atoms with Gasteiger partial charge in [0.05, 0.1) is 18.6 Å². The van der Waals surface area contributed by atoms with Crippen LogP contribution in [-0.2, 0) is 21.2 Å². The predicted octanol–water partition coefficient (Wildman–Crippen LogP) is 2.26. The zero-order valence-electron chi connectivity index (χ0n) is 15.0. The van der Waals surface area contributed by atoms with E-state index >= 15 is 0 Å². The van der Waals surface area contributed by atoms with Crippen molar-refractivity contribution < 1.29 is 17.9 Å². The standard InChI is InChI=1S/C19H22N2O4S/c1-13-10-16(8-9-18(13)25-3)26(23,24)20-12-19(22)21-14(2)11-15-6-4-5-7-17(15)21/h4-10,14,20H,11-12H2,1-3H3. The number of sulfonamides is 1. The van der Waals surface area contributed by atoms with Crippen molar-refractivity contribution in [3.63, 3.8) is 0 Å². The van der Waals surface area contributed by atoms with E-state index in [9.17, 15) is 13.2 Å². The Balaban J connectivity index is 1.74. The molecule has 1 atom stereocenters. The van der Waals surface area contributed by atoms with Crippen molar-refractivity contribution in [3.05, 3.63) is 53.6 Å². The van der Waals surface area contributed by atoms with E-state index in [0.717, 1.165) is 17.7 Å². The minimum absolute atomic E-state index is 0.00707. The van der Waals surface area contributed by atoms with E-state index < -0.39 is 10.0 Å². The lowest BCUT2D eigenvalue weighted by Gasteiger charge is -2.23. The number of carbonyl (C=O) groups excluding carboxylic acids is 1. The topological polar surface area (TPSA) is 75.7 Å². The van der Waals surface area contributed by atoms with Crippen molar-refractivity contribution in [2.45, 2.75) is 31.2 Å². The second kappa shape index (κ2) is 7.09. The number of para-hydroxylation sites is 1. The summed E-state index contributed by atoms with van der Waals surface area (Å²) in [5, 5.41) is 0. The fraction of sp³-hybridized carbons (Fsp3) is 0.316. The van der Waals surface area contributed by atoms with Crippen molar-refractivity contribution in [2.75, 3.05) is 18.6 Å². The second-order valence-corrected chi connectivity index (χ2v) is 8.17. The number of anilines is 1. The molecule has 6 nitrogen and oxygen atoms in total. The molecule has 2 aromatic carbocycles. The Morgan fingerprint density at radius 2 is 2.00 bits per heavy atom. The predicted molar refractivity (Wildman–Crippen MR) is 100 cm³/mol. The van der Waals surface area contributed by atoms with Crippen molar-refractivity contribution in [1.29, 1.82) is 0 Å². The van der Waals surface area contributed by atoms with Crippen LogP contribution in [0.3, 0.4) is 0 Å². The van der Waals surface area contributed by atoms with Gasteiger partial charge in [0.1, 0.15) is 5.75 Å². The molecule has 0 bridgehead atoms. The van der Waals surface area contributed by atoms with Gasteiger partial charge in [0.15, 0.2) is 0 Å². The van der Waals surface area contributed by atoms with E-state index in [1.165, 1.54) is 19.2 Å².